The summed E-state index contributed by atoms with van der Waals surface area (Å²) in [6.07, 6.45) is 3.85. The highest BCUT2D eigenvalue weighted by Gasteiger charge is 2.25. The predicted molar refractivity (Wildman–Crippen MR) is 111 cm³/mol. The molecular formula is C18H22ClIN4. The molecule has 1 heterocycles. The smallest absolute Gasteiger partial charge is 0.191 e. The zero-order chi connectivity index (χ0) is 16.1. The zero-order valence-corrected chi connectivity index (χ0v) is 16.7. The van der Waals surface area contributed by atoms with Crippen LogP contribution in [0.3, 0.4) is 0 Å². The maximum absolute atomic E-state index is 5.79. The van der Waals surface area contributed by atoms with Crippen LogP contribution in [-0.4, -0.2) is 31.1 Å². The van der Waals surface area contributed by atoms with Crippen molar-refractivity contribution in [1.29, 1.82) is 0 Å². The fourth-order valence-electron chi connectivity index (χ4n) is 2.86. The molecule has 0 bridgehead atoms. The van der Waals surface area contributed by atoms with E-state index < -0.39 is 0 Å². The van der Waals surface area contributed by atoms with Crippen LogP contribution in [0, 0.1) is 0 Å². The quantitative estimate of drug-likeness (QED) is 0.314. The van der Waals surface area contributed by atoms with Crippen LogP contribution in [-0.2, 0) is 12.8 Å². The summed E-state index contributed by atoms with van der Waals surface area (Å²) in [6, 6.07) is 12.5. The molecule has 1 aliphatic carbocycles. The molecule has 1 unspecified atom stereocenters. The van der Waals surface area contributed by atoms with E-state index in [2.05, 4.69) is 44.9 Å². The molecule has 2 aromatic rings. The van der Waals surface area contributed by atoms with E-state index in [4.69, 9.17) is 11.6 Å². The fourth-order valence-corrected chi connectivity index (χ4v) is 2.98. The Balaban J connectivity index is 0.00000208. The van der Waals surface area contributed by atoms with Crippen molar-refractivity contribution in [3.63, 3.8) is 0 Å². The van der Waals surface area contributed by atoms with Gasteiger partial charge in [-0.05, 0) is 35.6 Å². The van der Waals surface area contributed by atoms with E-state index in [9.17, 15) is 0 Å². The van der Waals surface area contributed by atoms with E-state index in [0.717, 1.165) is 37.5 Å². The van der Waals surface area contributed by atoms with E-state index >= 15 is 0 Å². The minimum atomic E-state index is 0. The molecule has 1 aromatic carbocycles. The van der Waals surface area contributed by atoms with Crippen molar-refractivity contribution in [2.75, 3.05) is 20.1 Å². The third-order valence-electron chi connectivity index (χ3n) is 4.20. The Bertz CT molecular complexity index is 688. The van der Waals surface area contributed by atoms with E-state index in [-0.39, 0.29) is 24.0 Å². The maximum atomic E-state index is 5.79. The molecule has 0 radical (unpaired) electrons. The number of pyridine rings is 1. The van der Waals surface area contributed by atoms with Crippen LogP contribution in [0.5, 0.6) is 0 Å². The summed E-state index contributed by atoms with van der Waals surface area (Å²) in [6.45, 7) is 1.73. The van der Waals surface area contributed by atoms with Crippen LogP contribution >= 0.6 is 35.6 Å². The molecule has 2 N–H and O–H groups in total. The molecular weight excluding hydrogens is 435 g/mol. The van der Waals surface area contributed by atoms with Crippen molar-refractivity contribution in [2.24, 2.45) is 4.99 Å². The Morgan fingerprint density at radius 1 is 1.25 bits per heavy atom. The predicted octanol–water partition coefficient (Wildman–Crippen LogP) is 3.40. The number of halogens is 2. The van der Waals surface area contributed by atoms with Crippen LogP contribution in [0.25, 0.3) is 0 Å². The molecule has 0 spiro atoms. The van der Waals surface area contributed by atoms with Gasteiger partial charge in [0, 0.05) is 32.3 Å². The zero-order valence-electron chi connectivity index (χ0n) is 13.6. The average Bonchev–Trinajstić information content (AvgIpc) is 2.56. The first kappa shape index (κ1) is 19.0. The number of hydrogen-bond acceptors (Lipinski definition) is 2. The largest absolute Gasteiger partial charge is 0.356 e. The van der Waals surface area contributed by atoms with Crippen molar-refractivity contribution in [3.05, 3.63) is 64.4 Å². The normalized spacial score (nSPS) is 15.8. The Labute approximate surface area is 165 Å². The van der Waals surface area contributed by atoms with Gasteiger partial charge in [-0.3, -0.25) is 4.99 Å². The second kappa shape index (κ2) is 9.22. The first-order valence-electron chi connectivity index (χ1n) is 7.89. The summed E-state index contributed by atoms with van der Waals surface area (Å²) in [5.74, 6) is 1.43. The van der Waals surface area contributed by atoms with Crippen molar-refractivity contribution in [2.45, 2.75) is 18.8 Å². The van der Waals surface area contributed by atoms with Crippen LogP contribution in [0.2, 0.25) is 5.15 Å². The van der Waals surface area contributed by atoms with E-state index in [1.807, 2.05) is 18.3 Å². The minimum Gasteiger partial charge on any atom is -0.356 e. The van der Waals surface area contributed by atoms with Gasteiger partial charge in [0.1, 0.15) is 5.15 Å². The SMILES string of the molecule is CN=C(NCCc1ccc(Cl)nc1)NCC1Cc2ccccc21.I. The second-order valence-corrected chi connectivity index (χ2v) is 6.11. The van der Waals surface area contributed by atoms with Crippen LogP contribution < -0.4 is 10.6 Å². The molecule has 0 fully saturated rings. The van der Waals surface area contributed by atoms with Gasteiger partial charge in [-0.2, -0.15) is 0 Å². The first-order valence-corrected chi connectivity index (χ1v) is 8.27. The van der Waals surface area contributed by atoms with Gasteiger partial charge in [0.2, 0.25) is 0 Å². The van der Waals surface area contributed by atoms with Gasteiger partial charge in [-0.15, -0.1) is 24.0 Å². The van der Waals surface area contributed by atoms with Gasteiger partial charge in [0.25, 0.3) is 0 Å². The van der Waals surface area contributed by atoms with Crippen LogP contribution in [0.1, 0.15) is 22.6 Å². The van der Waals surface area contributed by atoms with Crippen LogP contribution in [0.4, 0.5) is 0 Å². The summed E-state index contributed by atoms with van der Waals surface area (Å²) in [5, 5.41) is 7.28. The summed E-state index contributed by atoms with van der Waals surface area (Å²) in [5.41, 5.74) is 4.09. The Morgan fingerprint density at radius 2 is 2.08 bits per heavy atom. The lowest BCUT2D eigenvalue weighted by molar-refractivity contribution is 0.584. The van der Waals surface area contributed by atoms with Crippen molar-refractivity contribution in [3.8, 4) is 0 Å². The van der Waals surface area contributed by atoms with Crippen molar-refractivity contribution in [1.82, 2.24) is 15.6 Å². The van der Waals surface area contributed by atoms with Gasteiger partial charge < -0.3 is 10.6 Å². The third-order valence-corrected chi connectivity index (χ3v) is 4.42. The molecule has 0 aliphatic heterocycles. The lowest BCUT2D eigenvalue weighted by atomic mass is 9.78. The Hall–Kier alpha value is -1.34. The average molecular weight is 457 g/mol. The number of rotatable bonds is 5. The van der Waals surface area contributed by atoms with Crippen LogP contribution in [0.15, 0.2) is 47.6 Å². The molecule has 24 heavy (non-hydrogen) atoms. The number of aliphatic imine (C=N–C) groups is 1. The molecule has 4 nitrogen and oxygen atoms in total. The highest BCUT2D eigenvalue weighted by molar-refractivity contribution is 14.0. The van der Waals surface area contributed by atoms with E-state index in [1.165, 1.54) is 11.1 Å². The molecule has 0 saturated carbocycles. The maximum Gasteiger partial charge on any atom is 0.191 e. The molecule has 128 valence electrons. The number of fused-ring (bicyclic) bond motifs is 1. The first-order chi connectivity index (χ1) is 11.3. The van der Waals surface area contributed by atoms with E-state index in [1.54, 1.807) is 7.05 Å². The second-order valence-electron chi connectivity index (χ2n) is 5.72. The highest BCUT2D eigenvalue weighted by atomic mass is 127. The standard InChI is InChI=1S/C18H21ClN4.HI/c1-20-18(21-9-8-13-6-7-17(19)22-11-13)23-12-15-10-14-4-2-3-5-16(14)15;/h2-7,11,15H,8-10,12H2,1H3,(H2,20,21,23);1H. The van der Waals surface area contributed by atoms with Crippen molar-refractivity contribution >= 4 is 41.5 Å². The highest BCUT2D eigenvalue weighted by Crippen LogP contribution is 2.33. The molecule has 6 heteroatoms. The topological polar surface area (TPSA) is 49.3 Å². The number of nitrogens with zero attached hydrogens (tertiary/aromatic N) is 2. The molecule has 1 aliphatic rings. The van der Waals surface area contributed by atoms with Gasteiger partial charge in [0.05, 0.1) is 0 Å². The fraction of sp³-hybridized carbons (Fsp3) is 0.333. The minimum absolute atomic E-state index is 0. The lowest BCUT2D eigenvalue weighted by Gasteiger charge is -2.30. The number of nitrogens with one attached hydrogen (secondary N) is 2. The molecule has 0 amide bonds. The molecule has 1 atom stereocenters. The third kappa shape index (κ3) is 4.83. The molecule has 3 rings (SSSR count). The molecule has 0 saturated heterocycles. The van der Waals surface area contributed by atoms with Gasteiger partial charge in [-0.25, -0.2) is 4.98 Å². The summed E-state index contributed by atoms with van der Waals surface area (Å²) in [7, 11) is 1.80. The van der Waals surface area contributed by atoms with Gasteiger partial charge in [-0.1, -0.05) is 41.9 Å². The Kier molecular flexibility index (Phi) is 7.30. The van der Waals surface area contributed by atoms with Gasteiger partial charge >= 0.3 is 0 Å². The number of aromatic nitrogens is 1. The Morgan fingerprint density at radius 3 is 2.79 bits per heavy atom. The lowest BCUT2D eigenvalue weighted by Crippen LogP contribution is -2.41. The summed E-state index contributed by atoms with van der Waals surface area (Å²) >= 11 is 5.79. The summed E-state index contributed by atoms with van der Waals surface area (Å²) < 4.78 is 0. The number of guanidine groups is 1. The number of hydrogen-bond donors (Lipinski definition) is 2. The molecule has 1 aromatic heterocycles. The number of benzene rings is 1. The van der Waals surface area contributed by atoms with E-state index in [0.29, 0.717) is 11.1 Å². The van der Waals surface area contributed by atoms with Crippen molar-refractivity contribution < 1.29 is 0 Å². The monoisotopic (exact) mass is 456 g/mol. The summed E-state index contributed by atoms with van der Waals surface area (Å²) in [4.78, 5) is 8.37. The van der Waals surface area contributed by atoms with Gasteiger partial charge in [0.15, 0.2) is 5.96 Å².